The Hall–Kier alpha value is -1.00. The SMILES string of the molecule is CC(C)c1cc(C2(C(F)(F)F)CC2)no1. The molecule has 1 aliphatic carbocycles. The Balaban J connectivity index is 2.31. The van der Waals surface area contributed by atoms with Crippen molar-refractivity contribution in [3.05, 3.63) is 17.5 Å². The molecule has 1 aromatic rings. The summed E-state index contributed by atoms with van der Waals surface area (Å²) in [6.45, 7) is 3.72. The summed E-state index contributed by atoms with van der Waals surface area (Å²) in [5, 5.41) is 3.54. The average Bonchev–Trinajstić information content (AvgIpc) is 2.77. The number of alkyl halides is 3. The third-order valence-electron chi connectivity index (χ3n) is 2.88. The zero-order chi connectivity index (χ0) is 11.3. The number of hydrogen-bond donors (Lipinski definition) is 0. The molecule has 1 heterocycles. The quantitative estimate of drug-likeness (QED) is 0.761. The normalized spacial score (nSPS) is 19.6. The van der Waals surface area contributed by atoms with Crippen LogP contribution in [0.3, 0.4) is 0 Å². The second-order valence-electron chi connectivity index (χ2n) is 4.35. The fraction of sp³-hybridized carbons (Fsp3) is 0.700. The maximum Gasteiger partial charge on any atom is 0.400 e. The summed E-state index contributed by atoms with van der Waals surface area (Å²) >= 11 is 0. The number of aromatic nitrogens is 1. The van der Waals surface area contributed by atoms with Crippen LogP contribution in [0.4, 0.5) is 13.2 Å². The second-order valence-corrected chi connectivity index (χ2v) is 4.35. The molecular formula is C10H12F3NO. The molecule has 0 N–H and O–H groups in total. The molecule has 0 atom stereocenters. The standard InChI is InChI=1S/C10H12F3NO/c1-6(2)7-5-8(14-15-7)9(3-4-9)10(11,12)13/h5-6H,3-4H2,1-2H3. The van der Waals surface area contributed by atoms with Crippen LogP contribution >= 0.6 is 0 Å². The summed E-state index contributed by atoms with van der Waals surface area (Å²) in [5.74, 6) is 0.579. The Kier molecular flexibility index (Phi) is 2.10. The molecule has 0 radical (unpaired) electrons. The van der Waals surface area contributed by atoms with Gasteiger partial charge in [-0.2, -0.15) is 13.2 Å². The zero-order valence-electron chi connectivity index (χ0n) is 8.56. The molecule has 1 saturated carbocycles. The lowest BCUT2D eigenvalue weighted by Crippen LogP contribution is -2.28. The Morgan fingerprint density at radius 3 is 2.33 bits per heavy atom. The van der Waals surface area contributed by atoms with Crippen LogP contribution in [0.15, 0.2) is 10.6 Å². The smallest absolute Gasteiger partial charge is 0.361 e. The summed E-state index contributed by atoms with van der Waals surface area (Å²) in [4.78, 5) is 0. The van der Waals surface area contributed by atoms with Crippen LogP contribution in [0.2, 0.25) is 0 Å². The zero-order valence-corrected chi connectivity index (χ0v) is 8.56. The van der Waals surface area contributed by atoms with Crippen LogP contribution in [0.1, 0.15) is 44.1 Å². The average molecular weight is 219 g/mol. The van der Waals surface area contributed by atoms with Gasteiger partial charge >= 0.3 is 6.18 Å². The summed E-state index contributed by atoms with van der Waals surface area (Å²) in [7, 11) is 0. The lowest BCUT2D eigenvalue weighted by Gasteiger charge is -2.15. The van der Waals surface area contributed by atoms with Gasteiger partial charge in [-0.1, -0.05) is 19.0 Å². The highest BCUT2D eigenvalue weighted by Crippen LogP contribution is 2.58. The molecule has 1 aliphatic rings. The maximum absolute atomic E-state index is 12.7. The van der Waals surface area contributed by atoms with Crippen molar-refractivity contribution in [3.63, 3.8) is 0 Å². The molecule has 2 rings (SSSR count). The van der Waals surface area contributed by atoms with E-state index in [0.29, 0.717) is 5.76 Å². The van der Waals surface area contributed by atoms with E-state index in [0.717, 1.165) is 0 Å². The molecule has 5 heteroatoms. The fourth-order valence-corrected chi connectivity index (χ4v) is 1.60. The summed E-state index contributed by atoms with van der Waals surface area (Å²) in [6, 6.07) is 1.44. The van der Waals surface area contributed by atoms with Crippen molar-refractivity contribution in [2.75, 3.05) is 0 Å². The highest BCUT2D eigenvalue weighted by atomic mass is 19.4. The van der Waals surface area contributed by atoms with Crippen LogP contribution in [-0.4, -0.2) is 11.3 Å². The Morgan fingerprint density at radius 2 is 2.00 bits per heavy atom. The van der Waals surface area contributed by atoms with Gasteiger partial charge in [0.1, 0.15) is 11.2 Å². The minimum atomic E-state index is -4.21. The van der Waals surface area contributed by atoms with E-state index in [9.17, 15) is 13.2 Å². The van der Waals surface area contributed by atoms with Gasteiger partial charge in [0.05, 0.1) is 5.69 Å². The topological polar surface area (TPSA) is 26.0 Å². The van der Waals surface area contributed by atoms with Crippen molar-refractivity contribution in [2.45, 2.75) is 44.2 Å². The highest BCUT2D eigenvalue weighted by Gasteiger charge is 2.66. The van der Waals surface area contributed by atoms with Gasteiger partial charge in [0.25, 0.3) is 0 Å². The molecule has 1 aromatic heterocycles. The van der Waals surface area contributed by atoms with Gasteiger partial charge < -0.3 is 4.52 Å². The predicted molar refractivity (Wildman–Crippen MR) is 47.6 cm³/mol. The van der Waals surface area contributed by atoms with Gasteiger partial charge in [-0.15, -0.1) is 0 Å². The van der Waals surface area contributed by atoms with Gasteiger partial charge in [-0.05, 0) is 12.8 Å². The van der Waals surface area contributed by atoms with Crippen molar-refractivity contribution in [1.29, 1.82) is 0 Å². The lowest BCUT2D eigenvalue weighted by atomic mass is 10.0. The predicted octanol–water partition coefficient (Wildman–Crippen LogP) is 3.39. The Morgan fingerprint density at radius 1 is 1.40 bits per heavy atom. The van der Waals surface area contributed by atoms with E-state index in [1.807, 2.05) is 13.8 Å². The summed E-state index contributed by atoms with van der Waals surface area (Å²) in [5.41, 5.74) is -1.68. The molecule has 15 heavy (non-hydrogen) atoms. The first-order chi connectivity index (χ1) is 6.87. The highest BCUT2D eigenvalue weighted by molar-refractivity contribution is 5.28. The minimum absolute atomic E-state index is 0.0405. The van der Waals surface area contributed by atoms with Crippen molar-refractivity contribution in [3.8, 4) is 0 Å². The van der Waals surface area contributed by atoms with Gasteiger partial charge in [-0.25, -0.2) is 0 Å². The monoisotopic (exact) mass is 219 g/mol. The second kappa shape index (κ2) is 3.00. The number of rotatable bonds is 2. The fourth-order valence-electron chi connectivity index (χ4n) is 1.60. The van der Waals surface area contributed by atoms with E-state index < -0.39 is 11.6 Å². The van der Waals surface area contributed by atoms with Gasteiger partial charge in [0, 0.05) is 12.0 Å². The molecule has 2 nitrogen and oxygen atoms in total. The molecule has 1 fully saturated rings. The third-order valence-corrected chi connectivity index (χ3v) is 2.88. The van der Waals surface area contributed by atoms with Crippen molar-refractivity contribution >= 4 is 0 Å². The van der Waals surface area contributed by atoms with Crippen molar-refractivity contribution < 1.29 is 17.7 Å². The van der Waals surface area contributed by atoms with Gasteiger partial charge in [-0.3, -0.25) is 0 Å². The van der Waals surface area contributed by atoms with E-state index >= 15 is 0 Å². The van der Waals surface area contributed by atoms with Crippen molar-refractivity contribution in [2.24, 2.45) is 0 Å². The van der Waals surface area contributed by atoms with Gasteiger partial charge in [0.15, 0.2) is 0 Å². The first-order valence-electron chi connectivity index (χ1n) is 4.91. The van der Waals surface area contributed by atoms with E-state index in [-0.39, 0.29) is 24.5 Å². The van der Waals surface area contributed by atoms with E-state index in [2.05, 4.69) is 5.16 Å². The molecule has 0 unspecified atom stereocenters. The molecule has 0 aliphatic heterocycles. The molecular weight excluding hydrogens is 207 g/mol. The lowest BCUT2D eigenvalue weighted by molar-refractivity contribution is -0.161. The van der Waals surface area contributed by atoms with Crippen LogP contribution in [-0.2, 0) is 5.41 Å². The van der Waals surface area contributed by atoms with Crippen LogP contribution < -0.4 is 0 Å². The van der Waals surface area contributed by atoms with E-state index in [1.165, 1.54) is 6.07 Å². The molecule has 0 amide bonds. The van der Waals surface area contributed by atoms with E-state index in [1.54, 1.807) is 0 Å². The molecule has 0 saturated heterocycles. The van der Waals surface area contributed by atoms with Crippen molar-refractivity contribution in [1.82, 2.24) is 5.16 Å². The molecule has 0 spiro atoms. The molecule has 0 bridgehead atoms. The Bertz CT molecular complexity index is 363. The number of hydrogen-bond acceptors (Lipinski definition) is 2. The minimum Gasteiger partial charge on any atom is -0.361 e. The maximum atomic E-state index is 12.7. The molecule has 0 aromatic carbocycles. The van der Waals surface area contributed by atoms with Gasteiger partial charge in [0.2, 0.25) is 0 Å². The summed E-state index contributed by atoms with van der Waals surface area (Å²) < 4.78 is 43.0. The van der Waals surface area contributed by atoms with Crippen LogP contribution in [0, 0.1) is 0 Å². The van der Waals surface area contributed by atoms with Crippen LogP contribution in [0.5, 0.6) is 0 Å². The van der Waals surface area contributed by atoms with Crippen LogP contribution in [0.25, 0.3) is 0 Å². The van der Waals surface area contributed by atoms with E-state index in [4.69, 9.17) is 4.52 Å². The Labute approximate surface area is 85.4 Å². The third kappa shape index (κ3) is 1.54. The first kappa shape index (κ1) is 10.5. The number of nitrogens with zero attached hydrogens (tertiary/aromatic N) is 1. The largest absolute Gasteiger partial charge is 0.400 e. The number of halogens is 3. The summed E-state index contributed by atoms with van der Waals surface area (Å²) in [6.07, 6.45) is -3.96. The first-order valence-corrected chi connectivity index (χ1v) is 4.91. The molecule has 84 valence electrons.